The van der Waals surface area contributed by atoms with Gasteiger partial charge in [-0.3, -0.25) is 4.79 Å². The molecule has 7 nitrogen and oxygen atoms in total. The molecule has 0 aromatic heterocycles. The number of nitrogens with zero attached hydrogens (tertiary/aromatic N) is 1. The molecule has 206 valence electrons. The van der Waals surface area contributed by atoms with Crippen LogP contribution in [0, 0.1) is 11.6 Å². The lowest BCUT2D eigenvalue weighted by atomic mass is 10.0. The zero-order chi connectivity index (χ0) is 27.8. The van der Waals surface area contributed by atoms with E-state index in [2.05, 4.69) is 24.4 Å². The average molecular weight is 538 g/mol. The van der Waals surface area contributed by atoms with Crippen LogP contribution in [0.5, 0.6) is 5.75 Å². The predicted octanol–water partition coefficient (Wildman–Crippen LogP) is 4.50. The van der Waals surface area contributed by atoms with E-state index >= 15 is 0 Å². The van der Waals surface area contributed by atoms with Crippen LogP contribution in [0.3, 0.4) is 0 Å². The third kappa shape index (κ3) is 8.08. The van der Waals surface area contributed by atoms with Crippen molar-refractivity contribution in [1.29, 1.82) is 0 Å². The number of amides is 1. The van der Waals surface area contributed by atoms with E-state index in [4.69, 9.17) is 15.2 Å². The summed E-state index contributed by atoms with van der Waals surface area (Å²) in [5, 5.41) is 3.28. The fourth-order valence-corrected chi connectivity index (χ4v) is 4.52. The number of carbonyl (C=O) groups is 2. The van der Waals surface area contributed by atoms with E-state index in [1.54, 1.807) is 12.1 Å². The average Bonchev–Trinajstić information content (AvgIpc) is 2.90. The zero-order valence-electron chi connectivity index (χ0n) is 21.9. The molecular formula is C30H33F2N3O4. The molecule has 3 aromatic rings. The fraction of sp³-hybridized carbons (Fsp3) is 0.333. The zero-order valence-corrected chi connectivity index (χ0v) is 21.9. The van der Waals surface area contributed by atoms with Crippen molar-refractivity contribution in [3.8, 4) is 5.75 Å². The van der Waals surface area contributed by atoms with Crippen LogP contribution in [0.2, 0.25) is 0 Å². The highest BCUT2D eigenvalue weighted by Gasteiger charge is 2.27. The molecule has 9 heteroatoms. The van der Waals surface area contributed by atoms with Crippen molar-refractivity contribution in [2.24, 2.45) is 5.73 Å². The van der Waals surface area contributed by atoms with Crippen molar-refractivity contribution in [2.75, 3.05) is 13.1 Å². The highest BCUT2D eigenvalue weighted by molar-refractivity contribution is 5.75. The molecule has 0 aliphatic carbocycles. The van der Waals surface area contributed by atoms with Crippen LogP contribution in [0.1, 0.15) is 35.6 Å². The van der Waals surface area contributed by atoms with Crippen molar-refractivity contribution in [2.45, 2.75) is 51.4 Å². The highest BCUT2D eigenvalue weighted by atomic mass is 19.1. The topological polar surface area (TPSA) is 93.9 Å². The molecule has 1 aliphatic rings. The minimum absolute atomic E-state index is 0.0619. The van der Waals surface area contributed by atoms with Gasteiger partial charge in [-0.2, -0.15) is 0 Å². The molecule has 1 amide bonds. The molecule has 1 heterocycles. The minimum atomic E-state index is -0.771. The summed E-state index contributed by atoms with van der Waals surface area (Å²) in [6, 6.07) is 17.9. The normalized spacial score (nSPS) is 14.4. The number of nitrogens with one attached hydrogen (secondary N) is 1. The molecule has 0 fully saturated rings. The lowest BCUT2D eigenvalue weighted by Crippen LogP contribution is -2.46. The molecular weight excluding hydrogens is 504 g/mol. The molecule has 4 rings (SSSR count). The van der Waals surface area contributed by atoms with Gasteiger partial charge in [0.05, 0.1) is 13.0 Å². The number of hydrogen-bond donors (Lipinski definition) is 2. The smallest absolute Gasteiger partial charge is 0.415 e. The number of benzene rings is 3. The van der Waals surface area contributed by atoms with Crippen molar-refractivity contribution in [1.82, 2.24) is 10.2 Å². The van der Waals surface area contributed by atoms with Gasteiger partial charge in [0.15, 0.2) is 0 Å². The Morgan fingerprint density at radius 2 is 1.79 bits per heavy atom. The molecule has 1 aliphatic heterocycles. The maximum absolute atomic E-state index is 13.7. The molecule has 0 saturated carbocycles. The molecule has 0 unspecified atom stereocenters. The molecule has 3 aromatic carbocycles. The van der Waals surface area contributed by atoms with Gasteiger partial charge >= 0.3 is 12.1 Å². The second-order valence-electron chi connectivity index (χ2n) is 9.63. The summed E-state index contributed by atoms with van der Waals surface area (Å²) in [7, 11) is 0. The van der Waals surface area contributed by atoms with Gasteiger partial charge in [0.25, 0.3) is 0 Å². The van der Waals surface area contributed by atoms with Gasteiger partial charge in [-0.05, 0) is 47.7 Å². The quantitative estimate of drug-likeness (QED) is 0.331. The van der Waals surface area contributed by atoms with Crippen LogP contribution in [0.25, 0.3) is 0 Å². The number of nitrogens with two attached hydrogens (primary N) is 1. The van der Waals surface area contributed by atoms with Crippen molar-refractivity contribution in [3.63, 3.8) is 0 Å². The summed E-state index contributed by atoms with van der Waals surface area (Å²) in [6.45, 7) is 3.29. The van der Waals surface area contributed by atoms with E-state index < -0.39 is 35.8 Å². The number of ether oxygens (including phenoxy) is 2. The maximum atomic E-state index is 13.7. The first-order chi connectivity index (χ1) is 18.8. The van der Waals surface area contributed by atoms with E-state index in [1.165, 1.54) is 22.6 Å². The number of rotatable bonds is 12. The number of fused-ring (bicyclic) bond motifs is 1. The van der Waals surface area contributed by atoms with Crippen molar-refractivity contribution >= 4 is 12.1 Å². The monoisotopic (exact) mass is 537 g/mol. The number of aryl methyl sites for hydroxylation is 1. The van der Waals surface area contributed by atoms with Gasteiger partial charge in [0, 0.05) is 37.3 Å². The standard InChI is InChI=1S/C30H33F2N3O4/c1-2-20-6-5-7-21(12-20)17-34-18-28(26(33)15-22-13-24(31)16-25(32)14-22)38-29(36)10-11-35-19-23-8-3-4-9-27(23)39-30(35)37/h3-9,12-14,16,26,28,34H,2,10-11,15,17-19,33H2,1H3/t26-,28+/m0/s1. The fourth-order valence-electron chi connectivity index (χ4n) is 4.52. The first kappa shape index (κ1) is 28.2. The molecule has 0 spiro atoms. The number of esters is 1. The van der Waals surface area contributed by atoms with Gasteiger partial charge < -0.3 is 25.4 Å². The van der Waals surface area contributed by atoms with Crippen LogP contribution in [-0.2, 0) is 35.5 Å². The van der Waals surface area contributed by atoms with Gasteiger partial charge in [0.2, 0.25) is 0 Å². The Kier molecular flexibility index (Phi) is 9.62. The Morgan fingerprint density at radius 3 is 2.56 bits per heavy atom. The minimum Gasteiger partial charge on any atom is -0.459 e. The summed E-state index contributed by atoms with van der Waals surface area (Å²) >= 11 is 0. The third-order valence-electron chi connectivity index (χ3n) is 6.60. The van der Waals surface area contributed by atoms with Crippen LogP contribution < -0.4 is 15.8 Å². The summed E-state index contributed by atoms with van der Waals surface area (Å²) in [5.41, 5.74) is 9.89. The second kappa shape index (κ2) is 13.3. The van der Waals surface area contributed by atoms with E-state index in [0.717, 1.165) is 23.6 Å². The third-order valence-corrected chi connectivity index (χ3v) is 6.60. The molecule has 0 saturated heterocycles. The number of hydrogen-bond acceptors (Lipinski definition) is 6. The van der Waals surface area contributed by atoms with Crippen LogP contribution in [-0.4, -0.2) is 42.2 Å². The van der Waals surface area contributed by atoms with Gasteiger partial charge in [-0.1, -0.05) is 49.4 Å². The second-order valence-corrected chi connectivity index (χ2v) is 9.63. The lowest BCUT2D eigenvalue weighted by molar-refractivity contribution is -0.150. The number of halogens is 2. The summed E-state index contributed by atoms with van der Waals surface area (Å²) < 4.78 is 38.5. The van der Waals surface area contributed by atoms with Gasteiger partial charge in [-0.15, -0.1) is 0 Å². The van der Waals surface area contributed by atoms with Crippen molar-refractivity contribution < 1.29 is 27.8 Å². The lowest BCUT2D eigenvalue weighted by Gasteiger charge is -2.28. The van der Waals surface area contributed by atoms with Crippen molar-refractivity contribution in [3.05, 3.63) is 101 Å². The summed E-state index contributed by atoms with van der Waals surface area (Å²) in [6.07, 6.45) is -0.340. The Hall–Kier alpha value is -3.82. The largest absolute Gasteiger partial charge is 0.459 e. The molecule has 2 atom stereocenters. The van der Waals surface area contributed by atoms with Gasteiger partial charge in [0.1, 0.15) is 23.5 Å². The Bertz CT molecular complexity index is 1280. The first-order valence-corrected chi connectivity index (χ1v) is 13.0. The summed E-state index contributed by atoms with van der Waals surface area (Å²) in [5.74, 6) is -1.43. The van der Waals surface area contributed by atoms with Crippen LogP contribution >= 0.6 is 0 Å². The number of carbonyl (C=O) groups excluding carboxylic acids is 2. The maximum Gasteiger partial charge on any atom is 0.415 e. The Morgan fingerprint density at radius 1 is 1.05 bits per heavy atom. The van der Waals surface area contributed by atoms with E-state index in [-0.39, 0.29) is 25.9 Å². The van der Waals surface area contributed by atoms with Gasteiger partial charge in [-0.25, -0.2) is 13.6 Å². The molecule has 0 bridgehead atoms. The van der Waals surface area contributed by atoms with E-state index in [9.17, 15) is 18.4 Å². The number of para-hydroxylation sites is 1. The molecule has 0 radical (unpaired) electrons. The predicted molar refractivity (Wildman–Crippen MR) is 143 cm³/mol. The molecule has 3 N–H and O–H groups in total. The highest BCUT2D eigenvalue weighted by Crippen LogP contribution is 2.25. The van der Waals surface area contributed by atoms with Crippen LogP contribution in [0.4, 0.5) is 13.6 Å². The van der Waals surface area contributed by atoms with E-state index in [1.807, 2.05) is 24.3 Å². The Balaban J connectivity index is 1.37. The van der Waals surface area contributed by atoms with E-state index in [0.29, 0.717) is 24.4 Å². The Labute approximate surface area is 226 Å². The SMILES string of the molecule is CCc1cccc(CNC[C@@H](OC(=O)CCN2Cc3ccccc3OC2=O)[C@@H](N)Cc2cc(F)cc(F)c2)c1. The van der Waals surface area contributed by atoms with Crippen LogP contribution in [0.15, 0.2) is 66.7 Å². The molecule has 39 heavy (non-hydrogen) atoms. The first-order valence-electron chi connectivity index (χ1n) is 13.0. The summed E-state index contributed by atoms with van der Waals surface area (Å²) in [4.78, 5) is 26.6.